The fourth-order valence-electron chi connectivity index (χ4n) is 2.69. The lowest BCUT2D eigenvalue weighted by atomic mass is 10.1. The Bertz CT molecular complexity index is 464. The quantitative estimate of drug-likeness (QED) is 0.897. The second-order valence-corrected chi connectivity index (χ2v) is 6.88. The summed E-state index contributed by atoms with van der Waals surface area (Å²) in [6, 6.07) is 6.58. The van der Waals surface area contributed by atoms with Crippen LogP contribution in [0, 0.1) is 5.92 Å². The van der Waals surface area contributed by atoms with Crippen molar-refractivity contribution in [3.63, 3.8) is 0 Å². The third kappa shape index (κ3) is 4.60. The number of halogens is 1. The van der Waals surface area contributed by atoms with Gasteiger partial charge in [0.2, 0.25) is 0 Å². The van der Waals surface area contributed by atoms with Crippen molar-refractivity contribution in [2.45, 2.75) is 46.4 Å². The molecule has 3 nitrogen and oxygen atoms in total. The zero-order chi connectivity index (χ0) is 15.4. The van der Waals surface area contributed by atoms with E-state index in [-0.39, 0.29) is 6.10 Å². The molecule has 1 aromatic rings. The maximum Gasteiger partial charge on any atom is 0.0723 e. The summed E-state index contributed by atoms with van der Waals surface area (Å²) in [5.41, 5.74) is 2.54. The first-order valence-electron chi connectivity index (χ1n) is 7.84. The van der Waals surface area contributed by atoms with Gasteiger partial charge < -0.3 is 15.0 Å². The molecule has 0 aromatic heterocycles. The van der Waals surface area contributed by atoms with Crippen LogP contribution in [0.4, 0.5) is 5.69 Å². The van der Waals surface area contributed by atoms with Crippen LogP contribution in [0.25, 0.3) is 0 Å². The van der Waals surface area contributed by atoms with Gasteiger partial charge in [0.1, 0.15) is 0 Å². The molecular weight excluding hydrogens is 284 g/mol. The maximum atomic E-state index is 6.23. The summed E-state index contributed by atoms with van der Waals surface area (Å²) >= 11 is 6.23. The van der Waals surface area contributed by atoms with Gasteiger partial charge >= 0.3 is 0 Å². The van der Waals surface area contributed by atoms with Gasteiger partial charge in [-0.25, -0.2) is 0 Å². The Hall–Kier alpha value is -0.770. The molecule has 0 amide bonds. The molecule has 1 aromatic carbocycles. The summed E-state index contributed by atoms with van der Waals surface area (Å²) in [6.07, 6.45) is 0.261. The summed E-state index contributed by atoms with van der Waals surface area (Å²) in [5, 5.41) is 4.32. The third-order valence-electron chi connectivity index (χ3n) is 3.83. The van der Waals surface area contributed by atoms with Gasteiger partial charge in [-0.3, -0.25) is 0 Å². The first kappa shape index (κ1) is 16.6. The fraction of sp³-hybridized carbons (Fsp3) is 0.647. The van der Waals surface area contributed by atoms with Gasteiger partial charge in [0.25, 0.3) is 0 Å². The van der Waals surface area contributed by atoms with E-state index in [1.54, 1.807) is 0 Å². The zero-order valence-electron chi connectivity index (χ0n) is 13.5. The van der Waals surface area contributed by atoms with E-state index in [4.69, 9.17) is 16.3 Å². The van der Waals surface area contributed by atoms with Gasteiger partial charge in [0.15, 0.2) is 0 Å². The van der Waals surface area contributed by atoms with E-state index in [0.29, 0.717) is 12.0 Å². The SMILES string of the molecule is CC(C)CNCc1ccc(Cl)cc1N1CC(C)OCC1C. The van der Waals surface area contributed by atoms with E-state index in [1.165, 1.54) is 11.3 Å². The average Bonchev–Trinajstić information content (AvgIpc) is 2.43. The molecule has 1 saturated heterocycles. The Labute approximate surface area is 133 Å². The monoisotopic (exact) mass is 310 g/mol. The van der Waals surface area contributed by atoms with Crippen molar-refractivity contribution in [1.82, 2.24) is 5.32 Å². The maximum absolute atomic E-state index is 6.23. The lowest BCUT2D eigenvalue weighted by Gasteiger charge is -2.39. The molecule has 0 spiro atoms. The number of nitrogens with zero attached hydrogens (tertiary/aromatic N) is 1. The molecule has 1 heterocycles. The Kier molecular flexibility index (Phi) is 5.91. The number of anilines is 1. The van der Waals surface area contributed by atoms with Crippen LogP contribution in [0.3, 0.4) is 0 Å². The predicted octanol–water partition coefficient (Wildman–Crippen LogP) is 3.70. The molecule has 118 valence electrons. The third-order valence-corrected chi connectivity index (χ3v) is 4.07. The minimum Gasteiger partial charge on any atom is -0.375 e. The van der Waals surface area contributed by atoms with Gasteiger partial charge in [0, 0.05) is 29.8 Å². The molecule has 1 aliphatic rings. The van der Waals surface area contributed by atoms with Gasteiger partial charge in [-0.2, -0.15) is 0 Å². The standard InChI is InChI=1S/C17H27ClN2O/c1-12(2)8-19-9-15-5-6-16(18)7-17(15)20-10-14(4)21-11-13(20)3/h5-7,12-14,19H,8-11H2,1-4H3. The summed E-state index contributed by atoms with van der Waals surface area (Å²) in [5.74, 6) is 0.656. The van der Waals surface area contributed by atoms with E-state index in [0.717, 1.165) is 31.3 Å². The van der Waals surface area contributed by atoms with E-state index in [1.807, 2.05) is 6.07 Å². The smallest absolute Gasteiger partial charge is 0.0723 e. The van der Waals surface area contributed by atoms with Crippen molar-refractivity contribution in [3.8, 4) is 0 Å². The van der Waals surface area contributed by atoms with Gasteiger partial charge in [-0.05, 0) is 44.0 Å². The van der Waals surface area contributed by atoms with Gasteiger partial charge in [0.05, 0.1) is 12.7 Å². The Morgan fingerprint density at radius 1 is 1.38 bits per heavy atom. The number of nitrogens with one attached hydrogen (secondary N) is 1. The molecular formula is C17H27ClN2O. The summed E-state index contributed by atoms with van der Waals surface area (Å²) in [6.45, 7) is 12.4. The van der Waals surface area contributed by atoms with Crippen LogP contribution in [0.15, 0.2) is 18.2 Å². The Morgan fingerprint density at radius 3 is 2.86 bits per heavy atom. The van der Waals surface area contributed by atoms with E-state index in [9.17, 15) is 0 Å². The molecule has 2 rings (SSSR count). The number of morpholine rings is 1. The van der Waals surface area contributed by atoms with Crippen molar-refractivity contribution >= 4 is 17.3 Å². The Morgan fingerprint density at radius 2 is 2.14 bits per heavy atom. The van der Waals surface area contributed by atoms with Crippen molar-refractivity contribution in [2.24, 2.45) is 5.92 Å². The topological polar surface area (TPSA) is 24.5 Å². The van der Waals surface area contributed by atoms with Crippen LogP contribution in [0.5, 0.6) is 0 Å². The van der Waals surface area contributed by atoms with Crippen LogP contribution in [0.2, 0.25) is 5.02 Å². The highest BCUT2D eigenvalue weighted by Gasteiger charge is 2.25. The van der Waals surface area contributed by atoms with Crippen LogP contribution in [-0.2, 0) is 11.3 Å². The first-order chi connectivity index (χ1) is 9.97. The van der Waals surface area contributed by atoms with Crippen LogP contribution in [0.1, 0.15) is 33.3 Å². The van der Waals surface area contributed by atoms with E-state index < -0.39 is 0 Å². The first-order valence-corrected chi connectivity index (χ1v) is 8.22. The van der Waals surface area contributed by atoms with Crippen molar-refractivity contribution in [1.29, 1.82) is 0 Å². The van der Waals surface area contributed by atoms with Crippen molar-refractivity contribution in [2.75, 3.05) is 24.6 Å². The predicted molar refractivity (Wildman–Crippen MR) is 90.2 cm³/mol. The summed E-state index contributed by atoms with van der Waals surface area (Å²) in [4.78, 5) is 2.42. The van der Waals surface area contributed by atoms with Crippen molar-refractivity contribution in [3.05, 3.63) is 28.8 Å². The minimum absolute atomic E-state index is 0.261. The largest absolute Gasteiger partial charge is 0.375 e. The second-order valence-electron chi connectivity index (χ2n) is 6.44. The van der Waals surface area contributed by atoms with Crippen molar-refractivity contribution < 1.29 is 4.74 Å². The summed E-state index contributed by atoms with van der Waals surface area (Å²) < 4.78 is 5.73. The molecule has 1 fully saturated rings. The summed E-state index contributed by atoms with van der Waals surface area (Å²) in [7, 11) is 0. The average molecular weight is 311 g/mol. The normalized spacial score (nSPS) is 22.9. The fourth-order valence-corrected chi connectivity index (χ4v) is 2.85. The number of rotatable bonds is 5. The minimum atomic E-state index is 0.261. The molecule has 1 aliphatic heterocycles. The lowest BCUT2D eigenvalue weighted by molar-refractivity contribution is 0.0343. The van der Waals surface area contributed by atoms with E-state index >= 15 is 0 Å². The van der Waals surface area contributed by atoms with E-state index in [2.05, 4.69) is 50.0 Å². The zero-order valence-corrected chi connectivity index (χ0v) is 14.3. The highest BCUT2D eigenvalue weighted by atomic mass is 35.5. The number of ether oxygens (including phenoxy) is 1. The molecule has 4 heteroatoms. The second kappa shape index (κ2) is 7.48. The molecule has 2 atom stereocenters. The molecule has 1 N–H and O–H groups in total. The van der Waals surface area contributed by atoms with Crippen LogP contribution in [-0.4, -0.2) is 31.8 Å². The highest BCUT2D eigenvalue weighted by molar-refractivity contribution is 6.30. The van der Waals surface area contributed by atoms with Gasteiger partial charge in [-0.1, -0.05) is 31.5 Å². The number of hydrogen-bond acceptors (Lipinski definition) is 3. The molecule has 0 bridgehead atoms. The molecule has 21 heavy (non-hydrogen) atoms. The van der Waals surface area contributed by atoms with Crippen LogP contribution < -0.4 is 10.2 Å². The molecule has 2 unspecified atom stereocenters. The number of benzene rings is 1. The molecule has 0 saturated carbocycles. The molecule has 0 aliphatic carbocycles. The highest BCUT2D eigenvalue weighted by Crippen LogP contribution is 2.29. The Balaban J connectivity index is 2.17. The van der Waals surface area contributed by atoms with Crippen LogP contribution >= 0.6 is 11.6 Å². The lowest BCUT2D eigenvalue weighted by Crippen LogP contribution is -2.48. The number of hydrogen-bond donors (Lipinski definition) is 1. The molecule has 0 radical (unpaired) electrons. The van der Waals surface area contributed by atoms with Gasteiger partial charge in [-0.15, -0.1) is 0 Å².